The number of nitriles is 1. The van der Waals surface area contributed by atoms with Gasteiger partial charge in [0, 0.05) is 37.8 Å². The lowest BCUT2D eigenvalue weighted by atomic mass is 10.1. The van der Waals surface area contributed by atoms with Crippen LogP contribution in [0.2, 0.25) is 0 Å². The molecule has 0 unspecified atom stereocenters. The van der Waals surface area contributed by atoms with Crippen LogP contribution in [0, 0.1) is 11.3 Å². The van der Waals surface area contributed by atoms with Crippen LogP contribution in [0.25, 0.3) is 10.9 Å². The van der Waals surface area contributed by atoms with Crippen molar-refractivity contribution in [1.29, 1.82) is 5.26 Å². The lowest BCUT2D eigenvalue weighted by Crippen LogP contribution is -2.48. The standard InChI is InChI=1S/C20H18N4O3S/c21-14-15-4-1-2-6-17(15)23-10-12-24(13-11-23)28(26,27)19-8-7-18(25)20-16(19)5-3-9-22-20/h1-9,25H,10-13H2. The van der Waals surface area contributed by atoms with E-state index in [1.165, 1.54) is 22.6 Å². The Bertz CT molecular complexity index is 1180. The molecule has 0 atom stereocenters. The summed E-state index contributed by atoms with van der Waals surface area (Å²) in [5.41, 5.74) is 1.67. The van der Waals surface area contributed by atoms with Crippen LogP contribution in [-0.2, 0) is 10.0 Å². The van der Waals surface area contributed by atoms with Crippen molar-refractivity contribution in [1.82, 2.24) is 9.29 Å². The number of aromatic nitrogens is 1. The Morgan fingerprint density at radius 2 is 1.75 bits per heavy atom. The second-order valence-electron chi connectivity index (χ2n) is 6.50. The van der Waals surface area contributed by atoms with Gasteiger partial charge in [-0.05, 0) is 36.4 Å². The van der Waals surface area contributed by atoms with Crippen LogP contribution in [0.5, 0.6) is 5.75 Å². The van der Waals surface area contributed by atoms with E-state index in [0.29, 0.717) is 37.1 Å². The lowest BCUT2D eigenvalue weighted by molar-refractivity contribution is 0.385. The fourth-order valence-electron chi connectivity index (χ4n) is 3.51. The molecule has 8 heteroatoms. The average molecular weight is 394 g/mol. The third-order valence-corrected chi connectivity index (χ3v) is 6.89. The van der Waals surface area contributed by atoms with Gasteiger partial charge in [0.25, 0.3) is 0 Å². The second kappa shape index (κ2) is 7.11. The number of phenols is 1. The zero-order valence-corrected chi connectivity index (χ0v) is 15.8. The molecule has 3 aromatic rings. The van der Waals surface area contributed by atoms with E-state index < -0.39 is 10.0 Å². The topological polar surface area (TPSA) is 97.5 Å². The zero-order chi connectivity index (χ0) is 19.7. The van der Waals surface area contributed by atoms with Crippen LogP contribution < -0.4 is 4.90 Å². The second-order valence-corrected chi connectivity index (χ2v) is 8.41. The molecule has 0 radical (unpaired) electrons. The summed E-state index contributed by atoms with van der Waals surface area (Å²) in [6, 6.07) is 15.6. The van der Waals surface area contributed by atoms with Crippen molar-refractivity contribution >= 4 is 26.6 Å². The molecule has 1 saturated heterocycles. The molecule has 7 nitrogen and oxygen atoms in total. The zero-order valence-electron chi connectivity index (χ0n) is 15.0. The van der Waals surface area contributed by atoms with Crippen LogP contribution in [0.15, 0.2) is 59.6 Å². The highest BCUT2D eigenvalue weighted by Gasteiger charge is 2.30. The van der Waals surface area contributed by atoms with Gasteiger partial charge in [-0.1, -0.05) is 12.1 Å². The number of phenolic OH excluding ortho intramolecular Hbond substituents is 1. The predicted molar refractivity (Wildman–Crippen MR) is 106 cm³/mol. The monoisotopic (exact) mass is 394 g/mol. The fraction of sp³-hybridized carbons (Fsp3) is 0.200. The molecular weight excluding hydrogens is 376 g/mol. The van der Waals surface area contributed by atoms with E-state index in [2.05, 4.69) is 11.1 Å². The first-order chi connectivity index (χ1) is 13.5. The number of pyridine rings is 1. The minimum Gasteiger partial charge on any atom is -0.506 e. The molecular formula is C20H18N4O3S. The SMILES string of the molecule is N#Cc1ccccc1N1CCN(S(=O)(=O)c2ccc(O)c3ncccc23)CC1. The molecule has 0 amide bonds. The van der Waals surface area contributed by atoms with Gasteiger partial charge in [-0.2, -0.15) is 9.57 Å². The molecule has 0 bridgehead atoms. The van der Waals surface area contributed by atoms with E-state index in [0.717, 1.165) is 5.69 Å². The van der Waals surface area contributed by atoms with Gasteiger partial charge in [0.2, 0.25) is 10.0 Å². The van der Waals surface area contributed by atoms with E-state index in [9.17, 15) is 18.8 Å². The number of anilines is 1. The molecule has 0 aliphatic carbocycles. The van der Waals surface area contributed by atoms with Gasteiger partial charge in [-0.15, -0.1) is 0 Å². The summed E-state index contributed by atoms with van der Waals surface area (Å²) in [6.07, 6.45) is 1.52. The number of para-hydroxylation sites is 1. The van der Waals surface area contributed by atoms with Crippen molar-refractivity contribution in [2.24, 2.45) is 0 Å². The maximum Gasteiger partial charge on any atom is 0.243 e. The Hall–Kier alpha value is -3.15. The first kappa shape index (κ1) is 18.2. The van der Waals surface area contributed by atoms with Crippen LogP contribution in [0.4, 0.5) is 5.69 Å². The van der Waals surface area contributed by atoms with Gasteiger partial charge >= 0.3 is 0 Å². The average Bonchev–Trinajstić information content (AvgIpc) is 2.74. The summed E-state index contributed by atoms with van der Waals surface area (Å²) in [7, 11) is -3.74. The third-order valence-electron chi connectivity index (χ3n) is 4.93. The predicted octanol–water partition coefficient (Wildman–Crippen LogP) is 2.32. The quantitative estimate of drug-likeness (QED) is 0.732. The van der Waals surface area contributed by atoms with Crippen molar-refractivity contribution in [3.63, 3.8) is 0 Å². The number of nitrogens with zero attached hydrogens (tertiary/aromatic N) is 4. The van der Waals surface area contributed by atoms with Gasteiger partial charge in [-0.3, -0.25) is 4.98 Å². The Morgan fingerprint density at radius 1 is 1.00 bits per heavy atom. The molecule has 1 aliphatic heterocycles. The number of hydrogen-bond acceptors (Lipinski definition) is 6. The largest absolute Gasteiger partial charge is 0.506 e. The molecule has 4 rings (SSSR count). The molecule has 1 fully saturated rings. The number of sulfonamides is 1. The third kappa shape index (κ3) is 3.05. The molecule has 1 N–H and O–H groups in total. The first-order valence-corrected chi connectivity index (χ1v) is 10.3. The molecule has 0 saturated carbocycles. The smallest absolute Gasteiger partial charge is 0.243 e. The Kier molecular flexibility index (Phi) is 4.63. The Labute approximate surface area is 163 Å². The van der Waals surface area contributed by atoms with Crippen LogP contribution in [0.1, 0.15) is 5.56 Å². The van der Waals surface area contributed by atoms with E-state index in [1.807, 2.05) is 23.1 Å². The lowest BCUT2D eigenvalue weighted by Gasteiger charge is -2.35. The highest BCUT2D eigenvalue weighted by Crippen LogP contribution is 2.31. The van der Waals surface area contributed by atoms with E-state index in [-0.39, 0.29) is 16.2 Å². The van der Waals surface area contributed by atoms with Gasteiger partial charge < -0.3 is 10.0 Å². The van der Waals surface area contributed by atoms with E-state index >= 15 is 0 Å². The van der Waals surface area contributed by atoms with Gasteiger partial charge in [0.05, 0.1) is 16.1 Å². The van der Waals surface area contributed by atoms with Crippen LogP contribution in [0.3, 0.4) is 0 Å². The number of benzene rings is 2. The highest BCUT2D eigenvalue weighted by atomic mass is 32.2. The first-order valence-electron chi connectivity index (χ1n) is 8.83. The maximum atomic E-state index is 13.2. The van der Waals surface area contributed by atoms with Gasteiger partial charge in [0.1, 0.15) is 17.3 Å². The number of aromatic hydroxyl groups is 1. The van der Waals surface area contributed by atoms with Crippen molar-refractivity contribution in [2.45, 2.75) is 4.90 Å². The van der Waals surface area contributed by atoms with Crippen molar-refractivity contribution in [3.8, 4) is 11.8 Å². The Morgan fingerprint density at radius 3 is 2.50 bits per heavy atom. The number of hydrogen-bond donors (Lipinski definition) is 1. The summed E-state index contributed by atoms with van der Waals surface area (Å²) in [5, 5.41) is 19.7. The molecule has 2 heterocycles. The molecule has 142 valence electrons. The molecule has 1 aromatic heterocycles. The van der Waals surface area contributed by atoms with Crippen LogP contribution in [-0.4, -0.2) is 49.0 Å². The number of rotatable bonds is 3. The normalized spacial score (nSPS) is 15.5. The van der Waals surface area contributed by atoms with Crippen molar-refractivity contribution < 1.29 is 13.5 Å². The van der Waals surface area contributed by atoms with Crippen molar-refractivity contribution in [3.05, 3.63) is 60.3 Å². The van der Waals surface area contributed by atoms with Crippen molar-refractivity contribution in [2.75, 3.05) is 31.1 Å². The van der Waals surface area contributed by atoms with E-state index in [4.69, 9.17) is 0 Å². The fourth-order valence-corrected chi connectivity index (χ4v) is 5.11. The van der Waals surface area contributed by atoms with Gasteiger partial charge in [0.15, 0.2) is 0 Å². The summed E-state index contributed by atoms with van der Waals surface area (Å²) < 4.78 is 27.9. The minimum absolute atomic E-state index is 0.0486. The molecule has 2 aromatic carbocycles. The summed E-state index contributed by atoms with van der Waals surface area (Å²) >= 11 is 0. The number of piperazine rings is 1. The molecule has 28 heavy (non-hydrogen) atoms. The summed E-state index contributed by atoms with van der Waals surface area (Å²) in [6.45, 7) is 1.60. The molecule has 0 spiro atoms. The Balaban J connectivity index is 1.62. The number of fused-ring (bicyclic) bond motifs is 1. The summed E-state index contributed by atoms with van der Waals surface area (Å²) in [5.74, 6) is -0.0486. The van der Waals surface area contributed by atoms with Crippen LogP contribution >= 0.6 is 0 Å². The van der Waals surface area contributed by atoms with E-state index in [1.54, 1.807) is 18.2 Å². The minimum atomic E-state index is -3.74. The van der Waals surface area contributed by atoms with Gasteiger partial charge in [-0.25, -0.2) is 8.42 Å². The highest BCUT2D eigenvalue weighted by molar-refractivity contribution is 7.89. The maximum absolute atomic E-state index is 13.2. The summed E-state index contributed by atoms with van der Waals surface area (Å²) in [4.78, 5) is 6.27. The molecule has 1 aliphatic rings.